The van der Waals surface area contributed by atoms with E-state index < -0.39 is 0 Å². The van der Waals surface area contributed by atoms with Crippen molar-refractivity contribution in [3.63, 3.8) is 0 Å². The fraction of sp³-hybridized carbons (Fsp3) is 0.667. The van der Waals surface area contributed by atoms with Gasteiger partial charge in [0.2, 0.25) is 0 Å². The maximum Gasteiger partial charge on any atom is 0.255 e. The monoisotopic (exact) mass is 250 g/mol. The molecule has 0 saturated carbocycles. The van der Waals surface area contributed by atoms with Gasteiger partial charge < -0.3 is 9.88 Å². The van der Waals surface area contributed by atoms with Gasteiger partial charge in [-0.15, -0.1) is 0 Å². The molecule has 1 aromatic rings. The summed E-state index contributed by atoms with van der Waals surface area (Å²) in [5, 5.41) is 3.22. The highest BCUT2D eigenvalue weighted by Gasteiger charge is 2.19. The fourth-order valence-electron chi connectivity index (χ4n) is 2.12. The lowest BCUT2D eigenvalue weighted by atomic mass is 9.90. The van der Waals surface area contributed by atoms with Crippen molar-refractivity contribution in [1.82, 2.24) is 9.88 Å². The topological polar surface area (TPSA) is 34.0 Å². The fourth-order valence-corrected chi connectivity index (χ4v) is 2.12. The van der Waals surface area contributed by atoms with Crippen molar-refractivity contribution in [2.45, 2.75) is 59.5 Å². The minimum Gasteiger partial charge on any atom is -0.313 e. The zero-order valence-corrected chi connectivity index (χ0v) is 12.3. The summed E-state index contributed by atoms with van der Waals surface area (Å²) >= 11 is 0. The summed E-state index contributed by atoms with van der Waals surface area (Å²) in [6.07, 6.45) is 0.980. The smallest absolute Gasteiger partial charge is 0.255 e. The Kier molecular flexibility index (Phi) is 5.15. The summed E-state index contributed by atoms with van der Waals surface area (Å²) in [7, 11) is 0. The molecule has 1 heterocycles. The summed E-state index contributed by atoms with van der Waals surface area (Å²) < 4.78 is 1.94. The predicted molar refractivity (Wildman–Crippen MR) is 77.1 cm³/mol. The van der Waals surface area contributed by atoms with Crippen LogP contribution in [0.1, 0.15) is 52.3 Å². The molecule has 0 atom stereocenters. The summed E-state index contributed by atoms with van der Waals surface area (Å²) in [4.78, 5) is 12.5. The van der Waals surface area contributed by atoms with Crippen molar-refractivity contribution >= 4 is 0 Å². The highest BCUT2D eigenvalue weighted by Crippen LogP contribution is 2.21. The van der Waals surface area contributed by atoms with Gasteiger partial charge in [-0.25, -0.2) is 0 Å². The molecule has 1 aromatic heterocycles. The van der Waals surface area contributed by atoms with E-state index in [1.54, 1.807) is 0 Å². The van der Waals surface area contributed by atoms with Crippen LogP contribution in [0.4, 0.5) is 0 Å². The van der Waals surface area contributed by atoms with Crippen LogP contribution in [0.15, 0.2) is 16.9 Å². The Bertz CT molecular complexity index is 441. The molecule has 0 bridgehead atoms. The van der Waals surface area contributed by atoms with Crippen molar-refractivity contribution in [3.8, 4) is 0 Å². The molecule has 0 aliphatic rings. The van der Waals surface area contributed by atoms with Gasteiger partial charge in [0, 0.05) is 29.8 Å². The van der Waals surface area contributed by atoms with Crippen LogP contribution in [-0.4, -0.2) is 11.1 Å². The molecule has 102 valence electrons. The molecule has 0 aliphatic carbocycles. The Morgan fingerprint density at radius 2 is 1.89 bits per heavy atom. The van der Waals surface area contributed by atoms with E-state index in [9.17, 15) is 4.79 Å². The summed E-state index contributed by atoms with van der Waals surface area (Å²) in [5.74, 6) is 0. The van der Waals surface area contributed by atoms with Gasteiger partial charge in [0.1, 0.15) is 0 Å². The first kappa shape index (κ1) is 15.0. The summed E-state index contributed by atoms with van der Waals surface area (Å²) in [6, 6.07) is 4.07. The molecule has 3 heteroatoms. The molecule has 0 saturated heterocycles. The number of rotatable bonds is 5. The molecule has 0 aliphatic heterocycles. The first-order valence-electron chi connectivity index (χ1n) is 6.85. The van der Waals surface area contributed by atoms with E-state index in [4.69, 9.17) is 0 Å². The Morgan fingerprint density at radius 1 is 1.22 bits per heavy atom. The first-order valence-corrected chi connectivity index (χ1v) is 6.85. The van der Waals surface area contributed by atoms with Gasteiger partial charge in [0.25, 0.3) is 5.56 Å². The van der Waals surface area contributed by atoms with E-state index >= 15 is 0 Å². The first-order chi connectivity index (χ1) is 8.41. The quantitative estimate of drug-likeness (QED) is 0.871. The van der Waals surface area contributed by atoms with Crippen LogP contribution >= 0.6 is 0 Å². The third kappa shape index (κ3) is 3.45. The van der Waals surface area contributed by atoms with E-state index in [2.05, 4.69) is 39.1 Å². The van der Waals surface area contributed by atoms with Crippen LogP contribution in [0.25, 0.3) is 0 Å². The highest BCUT2D eigenvalue weighted by atomic mass is 16.1. The molecular formula is C15H26N2O. The lowest BCUT2D eigenvalue weighted by molar-refractivity contribution is 0.494. The van der Waals surface area contributed by atoms with Gasteiger partial charge in [-0.1, -0.05) is 40.7 Å². The molecule has 1 rings (SSSR count). The van der Waals surface area contributed by atoms with Crippen molar-refractivity contribution in [2.24, 2.45) is 0 Å². The van der Waals surface area contributed by atoms with E-state index in [0.717, 1.165) is 30.8 Å². The molecule has 0 unspecified atom stereocenters. The Morgan fingerprint density at radius 3 is 2.39 bits per heavy atom. The van der Waals surface area contributed by atoms with Crippen LogP contribution in [0.2, 0.25) is 0 Å². The largest absolute Gasteiger partial charge is 0.313 e. The van der Waals surface area contributed by atoms with Gasteiger partial charge in [-0.3, -0.25) is 4.79 Å². The van der Waals surface area contributed by atoms with Gasteiger partial charge in [-0.2, -0.15) is 0 Å². The molecule has 0 amide bonds. The Labute approximate surface area is 110 Å². The van der Waals surface area contributed by atoms with E-state index in [1.807, 2.05) is 17.6 Å². The van der Waals surface area contributed by atoms with Crippen molar-refractivity contribution < 1.29 is 0 Å². The van der Waals surface area contributed by atoms with Crippen molar-refractivity contribution in [3.05, 3.63) is 33.7 Å². The van der Waals surface area contributed by atoms with E-state index in [0.29, 0.717) is 6.54 Å². The van der Waals surface area contributed by atoms with Gasteiger partial charge in [-0.05, 0) is 19.0 Å². The molecule has 0 fully saturated rings. The maximum atomic E-state index is 12.5. The number of nitrogens with zero attached hydrogens (tertiary/aromatic N) is 1. The number of hydrogen-bond donors (Lipinski definition) is 1. The second-order valence-electron chi connectivity index (χ2n) is 5.73. The van der Waals surface area contributed by atoms with Crippen LogP contribution in [0, 0.1) is 0 Å². The number of hydrogen-bond acceptors (Lipinski definition) is 2. The van der Waals surface area contributed by atoms with Gasteiger partial charge in [0.15, 0.2) is 0 Å². The summed E-state index contributed by atoms with van der Waals surface area (Å²) in [6.45, 7) is 12.9. The van der Waals surface area contributed by atoms with Crippen LogP contribution in [0.3, 0.4) is 0 Å². The predicted octanol–water partition coefficient (Wildman–Crippen LogP) is 2.67. The second-order valence-corrected chi connectivity index (χ2v) is 5.73. The zero-order chi connectivity index (χ0) is 13.8. The normalized spacial score (nSPS) is 11.8. The molecule has 0 radical (unpaired) electrons. The third-order valence-electron chi connectivity index (χ3n) is 3.03. The minimum atomic E-state index is 0.00500. The Hall–Kier alpha value is -1.09. The van der Waals surface area contributed by atoms with E-state index in [1.165, 1.54) is 0 Å². The number of nitrogens with one attached hydrogen (secondary N) is 1. The average Bonchev–Trinajstić information content (AvgIpc) is 2.29. The standard InChI is InChI=1S/C15H26N2O/c1-6-10-17-13(15(3,4)5)9-8-12(14(17)18)11-16-7-2/h8-9,16H,6-7,10-11H2,1-5H3. The lowest BCUT2D eigenvalue weighted by Crippen LogP contribution is -2.33. The molecule has 0 aromatic carbocycles. The number of pyridine rings is 1. The Balaban J connectivity index is 3.24. The van der Waals surface area contributed by atoms with Crippen LogP contribution in [0.5, 0.6) is 0 Å². The number of aromatic nitrogens is 1. The minimum absolute atomic E-state index is 0.00500. The molecule has 0 spiro atoms. The summed E-state index contributed by atoms with van der Waals surface area (Å²) in [5.41, 5.74) is 2.14. The molecule has 1 N–H and O–H groups in total. The van der Waals surface area contributed by atoms with Gasteiger partial charge >= 0.3 is 0 Å². The maximum absolute atomic E-state index is 12.5. The van der Waals surface area contributed by atoms with Crippen LogP contribution in [-0.2, 0) is 18.5 Å². The lowest BCUT2D eigenvalue weighted by Gasteiger charge is -2.24. The molecule has 3 nitrogen and oxygen atoms in total. The van der Waals surface area contributed by atoms with Crippen molar-refractivity contribution in [1.29, 1.82) is 0 Å². The SMILES string of the molecule is CCCn1c(C(C)(C)C)ccc(CNCC)c1=O. The zero-order valence-electron chi connectivity index (χ0n) is 12.3. The van der Waals surface area contributed by atoms with Crippen LogP contribution < -0.4 is 10.9 Å². The second kappa shape index (κ2) is 6.19. The molecule has 18 heavy (non-hydrogen) atoms. The molecular weight excluding hydrogens is 224 g/mol. The third-order valence-corrected chi connectivity index (χ3v) is 3.03. The average molecular weight is 250 g/mol. The van der Waals surface area contributed by atoms with E-state index in [-0.39, 0.29) is 11.0 Å². The highest BCUT2D eigenvalue weighted by molar-refractivity contribution is 5.21. The van der Waals surface area contributed by atoms with Gasteiger partial charge in [0.05, 0.1) is 0 Å². The van der Waals surface area contributed by atoms with Crippen molar-refractivity contribution in [2.75, 3.05) is 6.54 Å².